The second-order valence-corrected chi connectivity index (χ2v) is 7.06. The van der Waals surface area contributed by atoms with Crippen LogP contribution < -0.4 is 5.73 Å². The molecule has 4 heteroatoms. The molecule has 1 saturated carbocycles. The van der Waals surface area contributed by atoms with Crippen molar-refractivity contribution in [1.82, 2.24) is 9.88 Å². The molecule has 0 spiro atoms. The third kappa shape index (κ3) is 3.74. The number of amides is 1. The summed E-state index contributed by atoms with van der Waals surface area (Å²) < 4.78 is 0. The Labute approximate surface area is 127 Å². The van der Waals surface area contributed by atoms with Gasteiger partial charge in [-0.25, -0.2) is 4.98 Å². The van der Waals surface area contributed by atoms with Gasteiger partial charge in [-0.15, -0.1) is 0 Å². The van der Waals surface area contributed by atoms with E-state index in [9.17, 15) is 4.79 Å². The number of hydrogen-bond acceptors (Lipinski definition) is 3. The molecular weight excluding hydrogens is 262 g/mol. The lowest BCUT2D eigenvalue weighted by atomic mass is 9.85. The maximum Gasteiger partial charge on any atom is 0.254 e. The average molecular weight is 289 g/mol. The van der Waals surface area contributed by atoms with Crippen molar-refractivity contribution in [2.45, 2.75) is 52.4 Å². The van der Waals surface area contributed by atoms with Crippen molar-refractivity contribution in [2.75, 3.05) is 18.8 Å². The van der Waals surface area contributed by atoms with Gasteiger partial charge in [0, 0.05) is 29.8 Å². The lowest BCUT2D eigenvalue weighted by Crippen LogP contribution is -2.37. The van der Waals surface area contributed by atoms with E-state index in [1.807, 2.05) is 17.9 Å². The highest BCUT2D eigenvalue weighted by Crippen LogP contribution is 2.28. The van der Waals surface area contributed by atoms with Gasteiger partial charge in [0.1, 0.15) is 5.82 Å². The van der Waals surface area contributed by atoms with E-state index in [0.717, 1.165) is 18.8 Å². The molecule has 21 heavy (non-hydrogen) atoms. The number of anilines is 1. The Kier molecular flexibility index (Phi) is 4.55. The van der Waals surface area contributed by atoms with Gasteiger partial charge in [0.15, 0.2) is 0 Å². The summed E-state index contributed by atoms with van der Waals surface area (Å²) in [5.41, 5.74) is 7.30. The van der Waals surface area contributed by atoms with E-state index in [0.29, 0.717) is 17.3 Å². The van der Waals surface area contributed by atoms with Crippen LogP contribution in [0.5, 0.6) is 0 Å². The van der Waals surface area contributed by atoms with Crippen molar-refractivity contribution in [3.63, 3.8) is 0 Å². The van der Waals surface area contributed by atoms with E-state index < -0.39 is 0 Å². The van der Waals surface area contributed by atoms with Crippen LogP contribution >= 0.6 is 0 Å². The molecule has 2 N–H and O–H groups in total. The first kappa shape index (κ1) is 15.8. The molecule has 1 aromatic rings. The standard InChI is InChI=1S/C17H27N3O/c1-5-20(11-12-7-6-8-12)16(21)13-9-14(17(2,3)4)19-15(18)10-13/h9-10,12H,5-8,11H2,1-4H3,(H2,18,19). The largest absolute Gasteiger partial charge is 0.384 e. The normalized spacial score (nSPS) is 15.6. The van der Waals surface area contributed by atoms with Gasteiger partial charge in [0.2, 0.25) is 0 Å². The van der Waals surface area contributed by atoms with Crippen LogP contribution in [0.4, 0.5) is 5.82 Å². The number of carbonyl (C=O) groups excluding carboxylic acids is 1. The highest BCUT2D eigenvalue weighted by Gasteiger charge is 2.25. The molecule has 4 nitrogen and oxygen atoms in total. The van der Waals surface area contributed by atoms with E-state index in [4.69, 9.17) is 5.73 Å². The minimum absolute atomic E-state index is 0.0731. The molecule has 0 aromatic carbocycles. The number of pyridine rings is 1. The maximum atomic E-state index is 12.7. The molecule has 0 bridgehead atoms. The predicted molar refractivity (Wildman–Crippen MR) is 86.3 cm³/mol. The number of aromatic nitrogens is 1. The lowest BCUT2D eigenvalue weighted by molar-refractivity contribution is 0.0706. The summed E-state index contributed by atoms with van der Waals surface area (Å²) in [6.45, 7) is 9.87. The first-order valence-corrected chi connectivity index (χ1v) is 7.88. The third-order valence-electron chi connectivity index (χ3n) is 4.23. The fourth-order valence-corrected chi connectivity index (χ4v) is 2.58. The SMILES string of the molecule is CCN(CC1CCC1)C(=O)c1cc(N)nc(C(C)(C)C)c1. The highest BCUT2D eigenvalue weighted by atomic mass is 16.2. The fraction of sp³-hybridized carbons (Fsp3) is 0.647. The van der Waals surface area contributed by atoms with Crippen molar-refractivity contribution >= 4 is 11.7 Å². The number of hydrogen-bond donors (Lipinski definition) is 1. The molecule has 116 valence electrons. The van der Waals surface area contributed by atoms with Crippen LogP contribution in [0.25, 0.3) is 0 Å². The Bertz CT molecular complexity index is 515. The summed E-state index contributed by atoms with van der Waals surface area (Å²) in [6.07, 6.45) is 3.79. The van der Waals surface area contributed by atoms with Crippen molar-refractivity contribution < 1.29 is 4.79 Å². The molecule has 0 atom stereocenters. The minimum Gasteiger partial charge on any atom is -0.384 e. The lowest BCUT2D eigenvalue weighted by Gasteiger charge is -2.32. The zero-order chi connectivity index (χ0) is 15.6. The van der Waals surface area contributed by atoms with Crippen LogP contribution in [-0.4, -0.2) is 28.9 Å². The van der Waals surface area contributed by atoms with Crippen LogP contribution in [-0.2, 0) is 5.41 Å². The van der Waals surface area contributed by atoms with Gasteiger partial charge in [-0.05, 0) is 37.8 Å². The van der Waals surface area contributed by atoms with Crippen LogP contribution in [0.15, 0.2) is 12.1 Å². The van der Waals surface area contributed by atoms with E-state index in [1.54, 1.807) is 6.07 Å². The Morgan fingerprint density at radius 1 is 1.38 bits per heavy atom. The number of rotatable bonds is 4. The van der Waals surface area contributed by atoms with Crippen molar-refractivity contribution in [3.8, 4) is 0 Å². The van der Waals surface area contributed by atoms with Gasteiger partial charge in [0.25, 0.3) is 5.91 Å². The number of nitrogens with zero attached hydrogens (tertiary/aromatic N) is 2. The Hall–Kier alpha value is -1.58. The van der Waals surface area contributed by atoms with Crippen LogP contribution in [0.1, 0.15) is 63.0 Å². The second-order valence-electron chi connectivity index (χ2n) is 7.06. The first-order valence-electron chi connectivity index (χ1n) is 7.88. The van der Waals surface area contributed by atoms with Gasteiger partial charge in [-0.3, -0.25) is 4.79 Å². The summed E-state index contributed by atoms with van der Waals surface area (Å²) in [7, 11) is 0. The molecule has 2 rings (SSSR count). The monoisotopic (exact) mass is 289 g/mol. The molecule has 1 aromatic heterocycles. The first-order chi connectivity index (χ1) is 9.81. The van der Waals surface area contributed by atoms with E-state index in [1.165, 1.54) is 19.3 Å². The van der Waals surface area contributed by atoms with Gasteiger partial charge in [-0.1, -0.05) is 27.2 Å². The maximum absolute atomic E-state index is 12.7. The van der Waals surface area contributed by atoms with E-state index in [2.05, 4.69) is 25.8 Å². The Morgan fingerprint density at radius 2 is 2.05 bits per heavy atom. The summed E-state index contributed by atoms with van der Waals surface area (Å²) in [5, 5.41) is 0. The summed E-state index contributed by atoms with van der Waals surface area (Å²) in [6, 6.07) is 3.59. The zero-order valence-electron chi connectivity index (χ0n) is 13.6. The number of carbonyl (C=O) groups is 1. The molecule has 1 heterocycles. The Morgan fingerprint density at radius 3 is 2.52 bits per heavy atom. The average Bonchev–Trinajstić information content (AvgIpc) is 2.35. The molecule has 0 radical (unpaired) electrons. The summed E-state index contributed by atoms with van der Waals surface area (Å²) >= 11 is 0. The molecule has 0 saturated heterocycles. The summed E-state index contributed by atoms with van der Waals surface area (Å²) in [5.74, 6) is 1.17. The van der Waals surface area contributed by atoms with E-state index >= 15 is 0 Å². The van der Waals surface area contributed by atoms with Crippen molar-refractivity contribution in [2.24, 2.45) is 5.92 Å². The van der Waals surface area contributed by atoms with Gasteiger partial charge in [-0.2, -0.15) is 0 Å². The molecule has 1 amide bonds. The number of nitrogens with two attached hydrogens (primary N) is 1. The topological polar surface area (TPSA) is 59.2 Å². The zero-order valence-corrected chi connectivity index (χ0v) is 13.6. The fourth-order valence-electron chi connectivity index (χ4n) is 2.58. The number of nitrogen functional groups attached to an aromatic ring is 1. The van der Waals surface area contributed by atoms with Crippen LogP contribution in [0, 0.1) is 5.92 Å². The molecule has 1 aliphatic rings. The highest BCUT2D eigenvalue weighted by molar-refractivity contribution is 5.95. The quantitative estimate of drug-likeness (QED) is 0.925. The van der Waals surface area contributed by atoms with Gasteiger partial charge < -0.3 is 10.6 Å². The molecule has 0 aliphatic heterocycles. The molecule has 1 fully saturated rings. The molecule has 0 unspecified atom stereocenters. The smallest absolute Gasteiger partial charge is 0.254 e. The molecular formula is C17H27N3O. The second kappa shape index (κ2) is 6.04. The minimum atomic E-state index is -0.116. The molecule has 1 aliphatic carbocycles. The predicted octanol–water partition coefficient (Wildman–Crippen LogP) is 3.22. The van der Waals surface area contributed by atoms with Crippen molar-refractivity contribution in [3.05, 3.63) is 23.4 Å². The summed E-state index contributed by atoms with van der Waals surface area (Å²) in [4.78, 5) is 19.0. The Balaban J connectivity index is 2.22. The van der Waals surface area contributed by atoms with Crippen LogP contribution in [0.2, 0.25) is 0 Å². The van der Waals surface area contributed by atoms with Gasteiger partial charge >= 0.3 is 0 Å². The van der Waals surface area contributed by atoms with Crippen LogP contribution in [0.3, 0.4) is 0 Å². The third-order valence-corrected chi connectivity index (χ3v) is 4.23. The van der Waals surface area contributed by atoms with Crippen molar-refractivity contribution in [1.29, 1.82) is 0 Å². The van der Waals surface area contributed by atoms with Gasteiger partial charge in [0.05, 0.1) is 0 Å². The van der Waals surface area contributed by atoms with E-state index in [-0.39, 0.29) is 11.3 Å².